The normalized spacial score (nSPS) is 23.2. The minimum Gasteiger partial charge on any atom is -0.341 e. The molecule has 0 unspecified atom stereocenters. The number of aromatic nitrogens is 2. The first-order chi connectivity index (χ1) is 8.16. The van der Waals surface area contributed by atoms with Gasteiger partial charge in [0, 0.05) is 31.7 Å². The summed E-state index contributed by atoms with van der Waals surface area (Å²) in [4.78, 5) is 19.0. The summed E-state index contributed by atoms with van der Waals surface area (Å²) in [7, 11) is 1.81. The number of aryl methyl sites for hydroxylation is 1. The molecule has 1 aromatic heterocycles. The molecule has 1 aliphatic heterocycles. The molecule has 0 amide bonds. The first-order valence-electron chi connectivity index (χ1n) is 6.26. The molecule has 0 radical (unpaired) electrons. The monoisotopic (exact) mass is 234 g/mol. The van der Waals surface area contributed by atoms with Crippen LogP contribution in [0, 0.1) is 0 Å². The van der Waals surface area contributed by atoms with Crippen LogP contribution in [0.3, 0.4) is 0 Å². The van der Waals surface area contributed by atoms with Crippen LogP contribution in [0.25, 0.3) is 0 Å². The Morgan fingerprint density at radius 2 is 2.24 bits per heavy atom. The predicted molar refractivity (Wildman–Crippen MR) is 66.3 cm³/mol. The second kappa shape index (κ2) is 3.84. The van der Waals surface area contributed by atoms with Gasteiger partial charge >= 0.3 is 0 Å². The average Bonchev–Trinajstić information content (AvgIpc) is 2.91. The van der Waals surface area contributed by atoms with E-state index in [0.29, 0.717) is 0 Å². The number of hydrogen-bond donors (Lipinski definition) is 1. The molecule has 0 aromatic carbocycles. The van der Waals surface area contributed by atoms with Gasteiger partial charge in [-0.3, -0.25) is 9.36 Å². The maximum atomic E-state index is 12.2. The number of nitrogens with two attached hydrogens (primary N) is 1. The minimum absolute atomic E-state index is 0.128. The molecule has 2 heterocycles. The zero-order chi connectivity index (χ0) is 12.0. The van der Waals surface area contributed by atoms with Crippen LogP contribution in [0.4, 0.5) is 5.95 Å². The number of rotatable bonds is 1. The van der Waals surface area contributed by atoms with E-state index in [4.69, 9.17) is 5.73 Å². The fourth-order valence-corrected chi connectivity index (χ4v) is 2.82. The Bertz CT molecular complexity index is 508. The summed E-state index contributed by atoms with van der Waals surface area (Å²) in [5, 5.41) is 0. The lowest BCUT2D eigenvalue weighted by Gasteiger charge is -2.20. The summed E-state index contributed by atoms with van der Waals surface area (Å²) in [5.74, 6) is 0.795. The summed E-state index contributed by atoms with van der Waals surface area (Å²) in [6.07, 6.45) is 3.86. The Morgan fingerprint density at radius 1 is 1.41 bits per heavy atom. The molecule has 1 fully saturated rings. The first kappa shape index (κ1) is 10.8. The van der Waals surface area contributed by atoms with Crippen LogP contribution in [0.2, 0.25) is 0 Å². The van der Waals surface area contributed by atoms with Crippen LogP contribution < -0.4 is 16.2 Å². The maximum absolute atomic E-state index is 12.2. The van der Waals surface area contributed by atoms with Gasteiger partial charge in [0.15, 0.2) is 0 Å². The highest BCUT2D eigenvalue weighted by molar-refractivity contribution is 5.38. The van der Waals surface area contributed by atoms with Gasteiger partial charge in [-0.2, -0.15) is 0 Å². The molecular formula is C12H18N4O. The van der Waals surface area contributed by atoms with E-state index in [0.717, 1.165) is 56.0 Å². The second-order valence-corrected chi connectivity index (χ2v) is 5.05. The van der Waals surface area contributed by atoms with E-state index in [1.807, 2.05) is 7.05 Å². The number of hydrogen-bond acceptors (Lipinski definition) is 4. The Morgan fingerprint density at radius 3 is 2.94 bits per heavy atom. The van der Waals surface area contributed by atoms with Gasteiger partial charge in [-0.05, 0) is 25.7 Å². The van der Waals surface area contributed by atoms with Crippen molar-refractivity contribution in [1.82, 2.24) is 9.55 Å². The smallest absolute Gasteiger partial charge is 0.258 e. The maximum Gasteiger partial charge on any atom is 0.258 e. The SMILES string of the molecule is Cn1c(N2CC[C@@H](N)C2)nc2c(c1=O)CCC2. The van der Waals surface area contributed by atoms with Gasteiger partial charge in [0.25, 0.3) is 5.56 Å². The summed E-state index contributed by atoms with van der Waals surface area (Å²) in [5.41, 5.74) is 7.95. The highest BCUT2D eigenvalue weighted by Gasteiger charge is 2.25. The molecule has 92 valence electrons. The topological polar surface area (TPSA) is 64.2 Å². The summed E-state index contributed by atoms with van der Waals surface area (Å²) in [6, 6.07) is 0.208. The minimum atomic E-state index is 0.128. The lowest BCUT2D eigenvalue weighted by Crippen LogP contribution is -2.33. The number of nitrogens with zero attached hydrogens (tertiary/aromatic N) is 3. The molecule has 0 saturated carbocycles. The molecule has 1 atom stereocenters. The third-order valence-corrected chi connectivity index (χ3v) is 3.79. The molecule has 0 spiro atoms. The van der Waals surface area contributed by atoms with Gasteiger partial charge in [0.05, 0.1) is 5.69 Å². The van der Waals surface area contributed by atoms with E-state index in [1.165, 1.54) is 0 Å². The molecule has 0 bridgehead atoms. The van der Waals surface area contributed by atoms with E-state index < -0.39 is 0 Å². The number of anilines is 1. The predicted octanol–water partition coefficient (Wildman–Crippen LogP) is -0.194. The molecular weight excluding hydrogens is 216 g/mol. The van der Waals surface area contributed by atoms with Crippen molar-refractivity contribution in [2.75, 3.05) is 18.0 Å². The molecule has 1 saturated heterocycles. The van der Waals surface area contributed by atoms with Gasteiger partial charge in [-0.25, -0.2) is 4.98 Å². The molecule has 1 aliphatic carbocycles. The Balaban J connectivity index is 2.06. The highest BCUT2D eigenvalue weighted by Crippen LogP contribution is 2.21. The molecule has 5 nitrogen and oxygen atoms in total. The lowest BCUT2D eigenvalue weighted by molar-refractivity contribution is 0.729. The zero-order valence-corrected chi connectivity index (χ0v) is 10.1. The van der Waals surface area contributed by atoms with Crippen LogP contribution in [0.5, 0.6) is 0 Å². The molecule has 1 aromatic rings. The van der Waals surface area contributed by atoms with Crippen molar-refractivity contribution in [2.24, 2.45) is 12.8 Å². The van der Waals surface area contributed by atoms with Gasteiger partial charge in [-0.1, -0.05) is 0 Å². The van der Waals surface area contributed by atoms with E-state index in [-0.39, 0.29) is 11.6 Å². The highest BCUT2D eigenvalue weighted by atomic mass is 16.1. The molecule has 2 N–H and O–H groups in total. The summed E-state index contributed by atoms with van der Waals surface area (Å²) in [6.45, 7) is 1.71. The Kier molecular flexibility index (Phi) is 2.43. The van der Waals surface area contributed by atoms with Crippen molar-refractivity contribution < 1.29 is 0 Å². The van der Waals surface area contributed by atoms with Crippen LogP contribution in [0.15, 0.2) is 4.79 Å². The standard InChI is InChI=1S/C12H18N4O/c1-15-11(17)9-3-2-4-10(9)14-12(15)16-6-5-8(13)7-16/h8H,2-7,13H2,1H3/t8-/m1/s1. The van der Waals surface area contributed by atoms with E-state index in [1.54, 1.807) is 4.57 Å². The fraction of sp³-hybridized carbons (Fsp3) is 0.667. The molecule has 2 aliphatic rings. The largest absolute Gasteiger partial charge is 0.341 e. The Hall–Kier alpha value is -1.36. The van der Waals surface area contributed by atoms with Crippen LogP contribution in [0.1, 0.15) is 24.1 Å². The first-order valence-corrected chi connectivity index (χ1v) is 6.26. The lowest BCUT2D eigenvalue weighted by atomic mass is 10.2. The third-order valence-electron chi connectivity index (χ3n) is 3.79. The van der Waals surface area contributed by atoms with Gasteiger partial charge in [-0.15, -0.1) is 0 Å². The number of fused-ring (bicyclic) bond motifs is 1. The average molecular weight is 234 g/mol. The van der Waals surface area contributed by atoms with Gasteiger partial charge in [0.1, 0.15) is 0 Å². The van der Waals surface area contributed by atoms with Crippen LogP contribution >= 0.6 is 0 Å². The molecule has 3 rings (SSSR count). The molecule has 5 heteroatoms. The van der Waals surface area contributed by atoms with Crippen molar-refractivity contribution in [3.8, 4) is 0 Å². The zero-order valence-electron chi connectivity index (χ0n) is 10.1. The van der Waals surface area contributed by atoms with Gasteiger partial charge < -0.3 is 10.6 Å². The summed E-state index contributed by atoms with van der Waals surface area (Å²) < 4.78 is 1.68. The van der Waals surface area contributed by atoms with Crippen molar-refractivity contribution >= 4 is 5.95 Å². The van der Waals surface area contributed by atoms with E-state index in [2.05, 4.69) is 9.88 Å². The van der Waals surface area contributed by atoms with E-state index >= 15 is 0 Å². The van der Waals surface area contributed by atoms with Crippen molar-refractivity contribution in [3.63, 3.8) is 0 Å². The molecule has 17 heavy (non-hydrogen) atoms. The van der Waals surface area contributed by atoms with Crippen LogP contribution in [-0.4, -0.2) is 28.7 Å². The third kappa shape index (κ3) is 1.65. The second-order valence-electron chi connectivity index (χ2n) is 5.05. The van der Waals surface area contributed by atoms with Crippen molar-refractivity contribution in [2.45, 2.75) is 31.7 Å². The fourth-order valence-electron chi connectivity index (χ4n) is 2.82. The van der Waals surface area contributed by atoms with E-state index in [9.17, 15) is 4.79 Å². The Labute approximate surface area is 100 Å². The van der Waals surface area contributed by atoms with Crippen molar-refractivity contribution in [1.29, 1.82) is 0 Å². The quantitative estimate of drug-likeness (QED) is 0.731. The van der Waals surface area contributed by atoms with Crippen molar-refractivity contribution in [3.05, 3.63) is 21.6 Å². The van der Waals surface area contributed by atoms with Gasteiger partial charge in [0.2, 0.25) is 5.95 Å². The van der Waals surface area contributed by atoms with Crippen LogP contribution in [-0.2, 0) is 19.9 Å². The summed E-state index contributed by atoms with van der Waals surface area (Å²) >= 11 is 0.